The molecular formula is C13H19F2N. The molecule has 0 saturated heterocycles. The van der Waals surface area contributed by atoms with Gasteiger partial charge in [0, 0.05) is 12.0 Å². The lowest BCUT2D eigenvalue weighted by atomic mass is 9.84. The summed E-state index contributed by atoms with van der Waals surface area (Å²) in [6.07, 6.45) is -1.29. The van der Waals surface area contributed by atoms with Gasteiger partial charge in [-0.3, -0.25) is 0 Å². The quantitative estimate of drug-likeness (QED) is 0.821. The van der Waals surface area contributed by atoms with E-state index in [1.807, 2.05) is 31.2 Å². The molecule has 1 aromatic carbocycles. The zero-order valence-electron chi connectivity index (χ0n) is 9.84. The fourth-order valence-electron chi connectivity index (χ4n) is 1.48. The summed E-state index contributed by atoms with van der Waals surface area (Å²) < 4.78 is 25.5. The normalized spacial score (nSPS) is 15.1. The van der Waals surface area contributed by atoms with Crippen LogP contribution >= 0.6 is 0 Å². The molecule has 0 aliphatic heterocycles. The van der Waals surface area contributed by atoms with Crippen LogP contribution in [0.4, 0.5) is 8.78 Å². The van der Waals surface area contributed by atoms with E-state index in [4.69, 9.17) is 5.73 Å². The Balaban J connectivity index is 2.59. The van der Waals surface area contributed by atoms with E-state index in [1.165, 1.54) is 5.56 Å². The molecule has 0 spiro atoms. The Hall–Kier alpha value is -0.960. The van der Waals surface area contributed by atoms with Gasteiger partial charge in [0.2, 0.25) is 6.43 Å². The van der Waals surface area contributed by atoms with Crippen molar-refractivity contribution in [3.05, 3.63) is 35.4 Å². The van der Waals surface area contributed by atoms with Crippen LogP contribution in [0.25, 0.3) is 0 Å². The lowest BCUT2D eigenvalue weighted by Crippen LogP contribution is -2.35. The van der Waals surface area contributed by atoms with E-state index in [0.717, 1.165) is 5.56 Å². The molecule has 2 N–H and O–H groups in total. The van der Waals surface area contributed by atoms with Crippen molar-refractivity contribution in [2.45, 2.75) is 33.1 Å². The number of rotatable bonds is 5. The van der Waals surface area contributed by atoms with Crippen LogP contribution in [0, 0.1) is 12.3 Å². The molecule has 90 valence electrons. The van der Waals surface area contributed by atoms with Gasteiger partial charge in [-0.1, -0.05) is 36.8 Å². The van der Waals surface area contributed by atoms with Gasteiger partial charge in [0.05, 0.1) is 0 Å². The maximum Gasteiger partial charge on any atom is 0.245 e. The van der Waals surface area contributed by atoms with Crippen molar-refractivity contribution in [1.29, 1.82) is 0 Å². The molecule has 16 heavy (non-hydrogen) atoms. The molecule has 0 aromatic heterocycles. The van der Waals surface area contributed by atoms with Gasteiger partial charge in [-0.25, -0.2) is 8.78 Å². The SMILES string of the molecule is Cc1ccc(CCC(C)(CN)C(F)F)cc1. The van der Waals surface area contributed by atoms with Gasteiger partial charge in [-0.15, -0.1) is 0 Å². The number of benzene rings is 1. The minimum absolute atomic E-state index is 0.0243. The average Bonchev–Trinajstić information content (AvgIpc) is 2.27. The van der Waals surface area contributed by atoms with Gasteiger partial charge in [0.25, 0.3) is 0 Å². The first-order valence-electron chi connectivity index (χ1n) is 5.52. The van der Waals surface area contributed by atoms with Gasteiger partial charge in [-0.2, -0.15) is 0 Å². The summed E-state index contributed by atoms with van der Waals surface area (Å²) in [6, 6.07) is 7.96. The van der Waals surface area contributed by atoms with E-state index in [1.54, 1.807) is 6.92 Å². The fraction of sp³-hybridized carbons (Fsp3) is 0.538. The first kappa shape index (κ1) is 13.1. The summed E-state index contributed by atoms with van der Waals surface area (Å²) in [7, 11) is 0. The van der Waals surface area contributed by atoms with Crippen LogP contribution in [0.2, 0.25) is 0 Å². The van der Waals surface area contributed by atoms with Crippen molar-refractivity contribution < 1.29 is 8.78 Å². The number of halogens is 2. The average molecular weight is 227 g/mol. The first-order chi connectivity index (χ1) is 7.48. The zero-order chi connectivity index (χ0) is 12.2. The van der Waals surface area contributed by atoms with E-state index >= 15 is 0 Å². The lowest BCUT2D eigenvalue weighted by molar-refractivity contribution is 0.00755. The van der Waals surface area contributed by atoms with Crippen molar-refractivity contribution in [3.63, 3.8) is 0 Å². The summed E-state index contributed by atoms with van der Waals surface area (Å²) >= 11 is 0. The van der Waals surface area contributed by atoms with Crippen LogP contribution in [0.15, 0.2) is 24.3 Å². The third kappa shape index (κ3) is 3.27. The summed E-state index contributed by atoms with van der Waals surface area (Å²) in [4.78, 5) is 0. The smallest absolute Gasteiger partial charge is 0.245 e. The van der Waals surface area contributed by atoms with Crippen LogP contribution in [-0.2, 0) is 6.42 Å². The lowest BCUT2D eigenvalue weighted by Gasteiger charge is -2.26. The number of hydrogen-bond acceptors (Lipinski definition) is 1. The Morgan fingerprint density at radius 1 is 1.25 bits per heavy atom. The maximum atomic E-state index is 12.8. The monoisotopic (exact) mass is 227 g/mol. The fourth-order valence-corrected chi connectivity index (χ4v) is 1.48. The van der Waals surface area contributed by atoms with Crippen molar-refractivity contribution in [2.75, 3.05) is 6.54 Å². The molecule has 1 rings (SSSR count). The highest BCUT2D eigenvalue weighted by atomic mass is 19.3. The van der Waals surface area contributed by atoms with Gasteiger partial charge < -0.3 is 5.73 Å². The van der Waals surface area contributed by atoms with Gasteiger partial charge in [-0.05, 0) is 25.3 Å². The molecule has 0 saturated carbocycles. The van der Waals surface area contributed by atoms with E-state index in [-0.39, 0.29) is 6.54 Å². The number of aryl methyl sites for hydroxylation is 2. The molecule has 0 fully saturated rings. The molecule has 1 nitrogen and oxygen atoms in total. The second kappa shape index (κ2) is 5.39. The van der Waals surface area contributed by atoms with Crippen LogP contribution in [0.3, 0.4) is 0 Å². The predicted octanol–water partition coefficient (Wildman–Crippen LogP) is 3.16. The Morgan fingerprint density at radius 3 is 2.25 bits per heavy atom. The third-order valence-corrected chi connectivity index (χ3v) is 3.10. The van der Waals surface area contributed by atoms with Crippen molar-refractivity contribution in [1.82, 2.24) is 0 Å². The molecule has 1 aromatic rings. The van der Waals surface area contributed by atoms with Gasteiger partial charge in [0.1, 0.15) is 0 Å². The minimum atomic E-state index is -2.36. The minimum Gasteiger partial charge on any atom is -0.330 e. The second-order valence-corrected chi connectivity index (χ2v) is 4.64. The topological polar surface area (TPSA) is 26.0 Å². The molecule has 0 heterocycles. The van der Waals surface area contributed by atoms with Crippen molar-refractivity contribution in [3.8, 4) is 0 Å². The van der Waals surface area contributed by atoms with Gasteiger partial charge in [0.15, 0.2) is 0 Å². The summed E-state index contributed by atoms with van der Waals surface area (Å²) in [5, 5.41) is 0. The van der Waals surface area contributed by atoms with Crippen LogP contribution < -0.4 is 5.73 Å². The molecule has 0 bridgehead atoms. The van der Waals surface area contributed by atoms with Crippen LogP contribution in [0.5, 0.6) is 0 Å². The second-order valence-electron chi connectivity index (χ2n) is 4.64. The van der Waals surface area contributed by atoms with Crippen LogP contribution in [-0.4, -0.2) is 13.0 Å². The molecular weight excluding hydrogens is 208 g/mol. The van der Waals surface area contributed by atoms with Gasteiger partial charge >= 0.3 is 0 Å². The molecule has 1 atom stereocenters. The molecule has 0 radical (unpaired) electrons. The van der Waals surface area contributed by atoms with E-state index in [9.17, 15) is 8.78 Å². The zero-order valence-corrected chi connectivity index (χ0v) is 9.84. The van der Waals surface area contributed by atoms with E-state index in [2.05, 4.69) is 0 Å². The van der Waals surface area contributed by atoms with E-state index in [0.29, 0.717) is 12.8 Å². The summed E-state index contributed by atoms with van der Waals surface area (Å²) in [6.45, 7) is 3.58. The van der Waals surface area contributed by atoms with Crippen molar-refractivity contribution in [2.24, 2.45) is 11.1 Å². The molecule has 1 unspecified atom stereocenters. The Bertz CT molecular complexity index is 321. The molecule has 3 heteroatoms. The number of nitrogens with two attached hydrogens (primary N) is 1. The molecule has 0 aliphatic carbocycles. The maximum absolute atomic E-state index is 12.8. The summed E-state index contributed by atoms with van der Waals surface area (Å²) in [5.74, 6) is 0. The predicted molar refractivity (Wildman–Crippen MR) is 62.7 cm³/mol. The highest BCUT2D eigenvalue weighted by molar-refractivity contribution is 5.21. The molecule has 0 amide bonds. The number of hydrogen-bond donors (Lipinski definition) is 1. The first-order valence-corrected chi connectivity index (χ1v) is 5.52. The number of alkyl halides is 2. The third-order valence-electron chi connectivity index (χ3n) is 3.10. The van der Waals surface area contributed by atoms with E-state index < -0.39 is 11.8 Å². The van der Waals surface area contributed by atoms with Crippen LogP contribution in [0.1, 0.15) is 24.5 Å². The summed E-state index contributed by atoms with van der Waals surface area (Å²) in [5.41, 5.74) is 6.62. The molecule has 0 aliphatic rings. The standard InChI is InChI=1S/C13H19F2N/c1-10-3-5-11(6-4-10)7-8-13(2,9-16)12(14)15/h3-6,12H,7-9,16H2,1-2H3. The Labute approximate surface area is 95.7 Å². The Kier molecular flexibility index (Phi) is 4.42. The highest BCUT2D eigenvalue weighted by Crippen LogP contribution is 2.29. The largest absolute Gasteiger partial charge is 0.330 e. The highest BCUT2D eigenvalue weighted by Gasteiger charge is 2.32. The van der Waals surface area contributed by atoms with Crippen molar-refractivity contribution >= 4 is 0 Å². The Morgan fingerprint density at radius 2 is 1.81 bits per heavy atom.